The van der Waals surface area contributed by atoms with E-state index in [1.807, 2.05) is 13.0 Å². The highest BCUT2D eigenvalue weighted by molar-refractivity contribution is 5.78. The van der Waals surface area contributed by atoms with Crippen molar-refractivity contribution >= 4 is 5.91 Å². The number of H-pyrrole nitrogens is 1. The lowest BCUT2D eigenvalue weighted by atomic mass is 10.1. The van der Waals surface area contributed by atoms with Crippen LogP contribution >= 0.6 is 0 Å². The van der Waals surface area contributed by atoms with E-state index in [1.54, 1.807) is 36.7 Å². The number of hydrogen-bond donors (Lipinski definition) is 2. The number of carbonyl (C=O) groups excluding carboxylic acids is 1. The number of imidazole rings is 1. The third kappa shape index (κ3) is 3.42. The van der Waals surface area contributed by atoms with Gasteiger partial charge in [-0.05, 0) is 24.6 Å². The summed E-state index contributed by atoms with van der Waals surface area (Å²) in [7, 11) is 0. The molecule has 96 valence electrons. The molecule has 1 aromatic carbocycles. The van der Waals surface area contributed by atoms with Crippen molar-refractivity contribution < 1.29 is 4.79 Å². The number of hydrogen-bond acceptors (Lipinski definition) is 3. The van der Waals surface area contributed by atoms with Gasteiger partial charge in [-0.15, -0.1) is 0 Å². The molecule has 1 unspecified atom stereocenters. The molecular formula is C14H14N4O. The summed E-state index contributed by atoms with van der Waals surface area (Å²) in [5.41, 5.74) is 1.47. The van der Waals surface area contributed by atoms with Gasteiger partial charge in [0, 0.05) is 12.4 Å². The first-order chi connectivity index (χ1) is 9.19. The molecule has 0 spiro atoms. The van der Waals surface area contributed by atoms with Gasteiger partial charge in [0.1, 0.15) is 5.82 Å². The third-order valence-corrected chi connectivity index (χ3v) is 2.75. The summed E-state index contributed by atoms with van der Waals surface area (Å²) in [5.74, 6) is 0.654. The first kappa shape index (κ1) is 12.8. The van der Waals surface area contributed by atoms with Crippen molar-refractivity contribution in [3.63, 3.8) is 0 Å². The normalized spacial score (nSPS) is 11.6. The second-order valence-corrected chi connectivity index (χ2v) is 4.25. The second-order valence-electron chi connectivity index (χ2n) is 4.25. The van der Waals surface area contributed by atoms with Crippen molar-refractivity contribution in [3.8, 4) is 6.07 Å². The van der Waals surface area contributed by atoms with Gasteiger partial charge >= 0.3 is 0 Å². The first-order valence-corrected chi connectivity index (χ1v) is 5.96. The minimum absolute atomic E-state index is 0.0754. The molecule has 0 radical (unpaired) electrons. The fourth-order valence-electron chi connectivity index (χ4n) is 1.76. The smallest absolute Gasteiger partial charge is 0.224 e. The SMILES string of the molecule is CC(NC(=O)Cc1ccc(C#N)cc1)c1ncc[nH]1. The molecule has 1 amide bonds. The third-order valence-electron chi connectivity index (χ3n) is 2.75. The molecule has 19 heavy (non-hydrogen) atoms. The Morgan fingerprint density at radius 2 is 2.21 bits per heavy atom. The van der Waals surface area contributed by atoms with E-state index in [1.165, 1.54) is 0 Å². The zero-order chi connectivity index (χ0) is 13.7. The highest BCUT2D eigenvalue weighted by Gasteiger charge is 2.11. The molecule has 0 aliphatic rings. The monoisotopic (exact) mass is 254 g/mol. The van der Waals surface area contributed by atoms with Crippen molar-refractivity contribution in [1.82, 2.24) is 15.3 Å². The fourth-order valence-corrected chi connectivity index (χ4v) is 1.76. The molecule has 5 heteroatoms. The highest BCUT2D eigenvalue weighted by Crippen LogP contribution is 2.07. The van der Waals surface area contributed by atoms with Gasteiger partial charge in [0.25, 0.3) is 0 Å². The van der Waals surface area contributed by atoms with E-state index in [9.17, 15) is 4.79 Å². The number of rotatable bonds is 4. The van der Waals surface area contributed by atoms with Crippen LogP contribution in [0.15, 0.2) is 36.7 Å². The molecule has 1 atom stereocenters. The predicted octanol–water partition coefficient (Wildman–Crippen LogP) is 1.70. The van der Waals surface area contributed by atoms with Crippen molar-refractivity contribution in [2.24, 2.45) is 0 Å². The van der Waals surface area contributed by atoms with Crippen molar-refractivity contribution in [3.05, 3.63) is 53.6 Å². The minimum Gasteiger partial charge on any atom is -0.347 e. The lowest BCUT2D eigenvalue weighted by Gasteiger charge is -2.11. The maximum absolute atomic E-state index is 11.9. The van der Waals surface area contributed by atoms with Crippen LogP contribution in [-0.4, -0.2) is 15.9 Å². The molecule has 2 rings (SSSR count). The predicted molar refractivity (Wildman–Crippen MR) is 70.0 cm³/mol. The molecule has 5 nitrogen and oxygen atoms in total. The van der Waals surface area contributed by atoms with Gasteiger partial charge in [0.05, 0.1) is 24.1 Å². The Balaban J connectivity index is 1.92. The molecular weight excluding hydrogens is 240 g/mol. The molecule has 1 aromatic heterocycles. The molecule has 1 heterocycles. The molecule has 0 aliphatic carbocycles. The summed E-state index contributed by atoms with van der Waals surface area (Å²) < 4.78 is 0. The molecule has 0 saturated heterocycles. The van der Waals surface area contributed by atoms with Crippen LogP contribution in [0.4, 0.5) is 0 Å². The van der Waals surface area contributed by atoms with Crippen LogP contribution in [0.1, 0.15) is 29.9 Å². The summed E-state index contributed by atoms with van der Waals surface area (Å²) >= 11 is 0. The molecule has 2 aromatic rings. The number of aromatic amines is 1. The Hall–Kier alpha value is -2.61. The number of amides is 1. The van der Waals surface area contributed by atoms with Gasteiger partial charge in [-0.2, -0.15) is 5.26 Å². The summed E-state index contributed by atoms with van der Waals surface area (Å²) in [6.07, 6.45) is 3.66. The number of benzene rings is 1. The first-order valence-electron chi connectivity index (χ1n) is 5.96. The van der Waals surface area contributed by atoms with Gasteiger partial charge in [-0.1, -0.05) is 12.1 Å². The van der Waals surface area contributed by atoms with Gasteiger partial charge in [-0.3, -0.25) is 4.79 Å². The van der Waals surface area contributed by atoms with E-state index < -0.39 is 0 Å². The molecule has 0 bridgehead atoms. The Morgan fingerprint density at radius 3 is 2.79 bits per heavy atom. The minimum atomic E-state index is -0.152. The topological polar surface area (TPSA) is 81.6 Å². The van der Waals surface area contributed by atoms with Crippen LogP contribution in [0.25, 0.3) is 0 Å². The Labute approximate surface area is 111 Å². The van der Waals surface area contributed by atoms with Crippen molar-refractivity contribution in [1.29, 1.82) is 5.26 Å². The number of carbonyl (C=O) groups is 1. The lowest BCUT2D eigenvalue weighted by molar-refractivity contribution is -0.121. The number of aromatic nitrogens is 2. The van der Waals surface area contributed by atoms with Crippen LogP contribution in [0.2, 0.25) is 0 Å². The van der Waals surface area contributed by atoms with E-state index in [2.05, 4.69) is 15.3 Å². The summed E-state index contributed by atoms with van der Waals surface area (Å²) in [6.45, 7) is 1.87. The number of nitriles is 1. The molecule has 0 aliphatic heterocycles. The zero-order valence-corrected chi connectivity index (χ0v) is 10.6. The van der Waals surface area contributed by atoms with Crippen molar-refractivity contribution in [2.45, 2.75) is 19.4 Å². The summed E-state index contributed by atoms with van der Waals surface area (Å²) in [6, 6.07) is 8.88. The van der Waals surface area contributed by atoms with Crippen molar-refractivity contribution in [2.75, 3.05) is 0 Å². The van der Waals surface area contributed by atoms with Crippen LogP contribution in [0.5, 0.6) is 0 Å². The van der Waals surface area contributed by atoms with E-state index in [0.29, 0.717) is 5.56 Å². The lowest BCUT2D eigenvalue weighted by Crippen LogP contribution is -2.28. The Kier molecular flexibility index (Phi) is 3.94. The highest BCUT2D eigenvalue weighted by atomic mass is 16.1. The molecule has 0 saturated carbocycles. The average molecular weight is 254 g/mol. The van der Waals surface area contributed by atoms with Gasteiger partial charge in [0.2, 0.25) is 5.91 Å². The molecule has 2 N–H and O–H groups in total. The van der Waals surface area contributed by atoms with Gasteiger partial charge in [0.15, 0.2) is 0 Å². The van der Waals surface area contributed by atoms with Crippen LogP contribution in [0.3, 0.4) is 0 Å². The zero-order valence-electron chi connectivity index (χ0n) is 10.6. The van der Waals surface area contributed by atoms with E-state index in [-0.39, 0.29) is 18.4 Å². The van der Waals surface area contributed by atoms with E-state index >= 15 is 0 Å². The molecule has 0 fully saturated rings. The average Bonchev–Trinajstić information content (AvgIpc) is 2.93. The van der Waals surface area contributed by atoms with E-state index in [0.717, 1.165) is 11.4 Å². The second kappa shape index (κ2) is 5.83. The Bertz CT molecular complexity index is 581. The van der Waals surface area contributed by atoms with Gasteiger partial charge < -0.3 is 10.3 Å². The maximum Gasteiger partial charge on any atom is 0.224 e. The largest absolute Gasteiger partial charge is 0.347 e. The standard InChI is InChI=1S/C14H14N4O/c1-10(14-16-6-7-17-14)18-13(19)8-11-2-4-12(9-15)5-3-11/h2-7,10H,8H2,1H3,(H,16,17)(H,18,19). The summed E-state index contributed by atoms with van der Waals surface area (Å²) in [4.78, 5) is 18.9. The number of nitrogens with one attached hydrogen (secondary N) is 2. The fraction of sp³-hybridized carbons (Fsp3) is 0.214. The quantitative estimate of drug-likeness (QED) is 0.871. The number of nitrogens with zero attached hydrogens (tertiary/aromatic N) is 2. The Morgan fingerprint density at radius 1 is 1.47 bits per heavy atom. The van der Waals surface area contributed by atoms with Crippen LogP contribution < -0.4 is 5.32 Å². The van der Waals surface area contributed by atoms with Crippen LogP contribution in [0, 0.1) is 11.3 Å². The van der Waals surface area contributed by atoms with Crippen LogP contribution in [-0.2, 0) is 11.2 Å². The van der Waals surface area contributed by atoms with Gasteiger partial charge in [-0.25, -0.2) is 4.98 Å². The maximum atomic E-state index is 11.9. The summed E-state index contributed by atoms with van der Waals surface area (Å²) in [5, 5.41) is 11.6. The van der Waals surface area contributed by atoms with E-state index in [4.69, 9.17) is 5.26 Å².